The number of nitrogens with two attached hydrogens (primary N) is 1. The predicted molar refractivity (Wildman–Crippen MR) is 70.2 cm³/mol. The number of aromatic nitrogens is 2. The summed E-state index contributed by atoms with van der Waals surface area (Å²) in [6.45, 7) is 6.52. The lowest BCUT2D eigenvalue weighted by atomic mass is 10.1. The Morgan fingerprint density at radius 3 is 3.12 bits per heavy atom. The van der Waals surface area contributed by atoms with Crippen molar-refractivity contribution in [2.45, 2.75) is 13.3 Å². The van der Waals surface area contributed by atoms with E-state index in [0.717, 1.165) is 19.6 Å². The van der Waals surface area contributed by atoms with Gasteiger partial charge in [0, 0.05) is 13.1 Å². The van der Waals surface area contributed by atoms with E-state index in [2.05, 4.69) is 27.1 Å². The van der Waals surface area contributed by atoms with E-state index >= 15 is 0 Å². The number of anilines is 2. The molecule has 5 nitrogen and oxygen atoms in total. The van der Waals surface area contributed by atoms with E-state index in [1.165, 1.54) is 19.3 Å². The van der Waals surface area contributed by atoms with E-state index in [-0.39, 0.29) is 0 Å². The Bertz CT molecular complexity index is 384. The zero-order chi connectivity index (χ0) is 12.3. The molecule has 2 rings (SSSR count). The molecule has 2 heterocycles. The van der Waals surface area contributed by atoms with Gasteiger partial charge in [-0.3, -0.25) is 0 Å². The Morgan fingerprint density at radius 1 is 1.59 bits per heavy atom. The highest BCUT2D eigenvalue weighted by Crippen LogP contribution is 2.23. The number of halogens is 1. The Kier molecular flexibility index (Phi) is 4.02. The molecule has 0 saturated carbocycles. The van der Waals surface area contributed by atoms with Crippen LogP contribution in [0.15, 0.2) is 6.33 Å². The summed E-state index contributed by atoms with van der Waals surface area (Å²) in [5.41, 5.74) is 6.22. The number of hydrogen-bond acceptors (Lipinski definition) is 5. The zero-order valence-electron chi connectivity index (χ0n) is 9.99. The first-order chi connectivity index (χ1) is 8.20. The number of likely N-dealkylation sites (tertiary alicyclic amines) is 1. The minimum atomic E-state index is 0.309. The van der Waals surface area contributed by atoms with Gasteiger partial charge in [-0.15, -0.1) is 0 Å². The summed E-state index contributed by atoms with van der Waals surface area (Å²) in [5.74, 6) is 1.29. The Labute approximate surface area is 106 Å². The van der Waals surface area contributed by atoms with Crippen LogP contribution in [0, 0.1) is 5.92 Å². The summed E-state index contributed by atoms with van der Waals surface area (Å²) in [7, 11) is 0. The molecule has 94 valence electrons. The largest absolute Gasteiger partial charge is 0.393 e. The topological polar surface area (TPSA) is 67.1 Å². The molecule has 17 heavy (non-hydrogen) atoms. The number of nitrogen functional groups attached to an aromatic ring is 1. The van der Waals surface area contributed by atoms with Crippen molar-refractivity contribution in [3.63, 3.8) is 0 Å². The van der Waals surface area contributed by atoms with Crippen LogP contribution < -0.4 is 11.1 Å². The van der Waals surface area contributed by atoms with Crippen molar-refractivity contribution in [2.24, 2.45) is 5.92 Å². The fraction of sp³-hybridized carbons (Fsp3) is 0.636. The lowest BCUT2D eigenvalue weighted by Gasteiger charge is -2.14. The molecule has 1 aromatic rings. The first-order valence-electron chi connectivity index (χ1n) is 5.93. The molecule has 3 N–H and O–H groups in total. The van der Waals surface area contributed by atoms with Gasteiger partial charge in [-0.1, -0.05) is 18.5 Å². The van der Waals surface area contributed by atoms with Crippen LogP contribution in [0.1, 0.15) is 13.3 Å². The highest BCUT2D eigenvalue weighted by atomic mass is 35.5. The van der Waals surface area contributed by atoms with Gasteiger partial charge < -0.3 is 16.0 Å². The second kappa shape index (κ2) is 5.51. The van der Waals surface area contributed by atoms with Crippen LogP contribution in [0.25, 0.3) is 0 Å². The van der Waals surface area contributed by atoms with Crippen LogP contribution in [0.2, 0.25) is 5.15 Å². The van der Waals surface area contributed by atoms with Crippen molar-refractivity contribution in [1.29, 1.82) is 0 Å². The van der Waals surface area contributed by atoms with Crippen molar-refractivity contribution in [3.05, 3.63) is 11.5 Å². The van der Waals surface area contributed by atoms with Gasteiger partial charge in [0.05, 0.1) is 0 Å². The van der Waals surface area contributed by atoms with Gasteiger partial charge in [0.2, 0.25) is 0 Å². The van der Waals surface area contributed by atoms with Gasteiger partial charge in [0.1, 0.15) is 12.0 Å². The van der Waals surface area contributed by atoms with Crippen molar-refractivity contribution < 1.29 is 0 Å². The maximum Gasteiger partial charge on any atom is 0.157 e. The highest BCUT2D eigenvalue weighted by molar-refractivity contribution is 6.32. The van der Waals surface area contributed by atoms with Gasteiger partial charge in [-0.2, -0.15) is 0 Å². The average molecular weight is 256 g/mol. The summed E-state index contributed by atoms with van der Waals surface area (Å²) in [4.78, 5) is 10.4. The maximum atomic E-state index is 5.83. The molecule has 1 atom stereocenters. The van der Waals surface area contributed by atoms with Crippen LogP contribution in [-0.4, -0.2) is 41.0 Å². The Balaban J connectivity index is 1.88. The third kappa shape index (κ3) is 2.98. The lowest BCUT2D eigenvalue weighted by Crippen LogP contribution is -2.23. The normalized spacial score (nSPS) is 20.7. The van der Waals surface area contributed by atoms with E-state index < -0.39 is 0 Å². The van der Waals surface area contributed by atoms with Crippen LogP contribution in [0.3, 0.4) is 0 Å². The molecule has 1 aromatic heterocycles. The Hall–Kier alpha value is -1.07. The third-order valence-electron chi connectivity index (χ3n) is 3.21. The molecule has 0 aliphatic carbocycles. The highest BCUT2D eigenvalue weighted by Gasteiger charge is 2.21. The molecule has 1 aliphatic heterocycles. The second-order valence-corrected chi connectivity index (χ2v) is 4.71. The predicted octanol–water partition coefficient (Wildman–Crippen LogP) is 1.47. The SMILES string of the molecule is CCN1CCC(CNc2ncnc(Cl)c2N)C1. The van der Waals surface area contributed by atoms with Gasteiger partial charge in [-0.05, 0) is 25.4 Å². The summed E-state index contributed by atoms with van der Waals surface area (Å²) in [6.07, 6.45) is 2.65. The summed E-state index contributed by atoms with van der Waals surface area (Å²) in [6, 6.07) is 0. The van der Waals surface area contributed by atoms with Crippen LogP contribution in [-0.2, 0) is 0 Å². The van der Waals surface area contributed by atoms with E-state index in [0.29, 0.717) is 22.6 Å². The molecule has 1 unspecified atom stereocenters. The molecule has 6 heteroatoms. The molecular formula is C11H18ClN5. The smallest absolute Gasteiger partial charge is 0.157 e. The minimum absolute atomic E-state index is 0.309. The number of rotatable bonds is 4. The number of hydrogen-bond donors (Lipinski definition) is 2. The Morgan fingerprint density at radius 2 is 2.41 bits per heavy atom. The van der Waals surface area contributed by atoms with E-state index in [9.17, 15) is 0 Å². The molecule has 1 aliphatic rings. The third-order valence-corrected chi connectivity index (χ3v) is 3.51. The standard InChI is InChI=1S/C11H18ClN5/c1-2-17-4-3-8(6-17)5-14-11-9(13)10(12)15-7-16-11/h7-8H,2-6,13H2,1H3,(H,14,15,16). The summed E-state index contributed by atoms with van der Waals surface area (Å²) >= 11 is 5.83. The van der Waals surface area contributed by atoms with Crippen LogP contribution in [0.4, 0.5) is 11.5 Å². The fourth-order valence-corrected chi connectivity index (χ4v) is 2.26. The maximum absolute atomic E-state index is 5.83. The fourth-order valence-electron chi connectivity index (χ4n) is 2.12. The molecule has 0 amide bonds. The van der Waals surface area contributed by atoms with Gasteiger partial charge in [0.15, 0.2) is 11.0 Å². The lowest BCUT2D eigenvalue weighted by molar-refractivity contribution is 0.345. The van der Waals surface area contributed by atoms with Crippen molar-refractivity contribution in [1.82, 2.24) is 14.9 Å². The van der Waals surface area contributed by atoms with Gasteiger partial charge in [-0.25, -0.2) is 9.97 Å². The quantitative estimate of drug-likeness (QED) is 0.798. The van der Waals surface area contributed by atoms with E-state index in [4.69, 9.17) is 17.3 Å². The molecular weight excluding hydrogens is 238 g/mol. The molecule has 0 aromatic carbocycles. The zero-order valence-corrected chi connectivity index (χ0v) is 10.7. The first kappa shape index (κ1) is 12.4. The molecule has 1 fully saturated rings. The van der Waals surface area contributed by atoms with E-state index in [1.807, 2.05) is 0 Å². The molecule has 0 spiro atoms. The summed E-state index contributed by atoms with van der Waals surface area (Å²) < 4.78 is 0. The minimum Gasteiger partial charge on any atom is -0.393 e. The number of nitrogens with zero attached hydrogens (tertiary/aromatic N) is 3. The van der Waals surface area contributed by atoms with E-state index in [1.54, 1.807) is 0 Å². The average Bonchev–Trinajstić information content (AvgIpc) is 2.79. The molecule has 1 saturated heterocycles. The van der Waals surface area contributed by atoms with Crippen LogP contribution >= 0.6 is 11.6 Å². The van der Waals surface area contributed by atoms with Crippen molar-refractivity contribution in [3.8, 4) is 0 Å². The molecule has 0 bridgehead atoms. The van der Waals surface area contributed by atoms with Gasteiger partial charge in [0.25, 0.3) is 0 Å². The second-order valence-electron chi connectivity index (χ2n) is 4.36. The first-order valence-corrected chi connectivity index (χ1v) is 6.30. The van der Waals surface area contributed by atoms with Crippen molar-refractivity contribution in [2.75, 3.05) is 37.2 Å². The van der Waals surface area contributed by atoms with Crippen LogP contribution in [0.5, 0.6) is 0 Å². The van der Waals surface area contributed by atoms with Gasteiger partial charge >= 0.3 is 0 Å². The molecule has 0 radical (unpaired) electrons. The summed E-state index contributed by atoms with van der Waals surface area (Å²) in [5, 5.41) is 3.56. The monoisotopic (exact) mass is 255 g/mol. The van der Waals surface area contributed by atoms with Crippen molar-refractivity contribution >= 4 is 23.1 Å². The number of nitrogens with one attached hydrogen (secondary N) is 1.